The van der Waals surface area contributed by atoms with Gasteiger partial charge in [0, 0.05) is 18.8 Å². The molecule has 1 heterocycles. The molecule has 2 amide bonds. The second-order valence-electron chi connectivity index (χ2n) is 5.86. The highest BCUT2D eigenvalue weighted by Gasteiger charge is 2.26. The molecule has 0 saturated carbocycles. The van der Waals surface area contributed by atoms with Crippen LogP contribution in [0.15, 0.2) is 42.5 Å². The van der Waals surface area contributed by atoms with Crippen LogP contribution in [0, 0.1) is 5.82 Å². The molecule has 2 N–H and O–H groups in total. The third-order valence-electron chi connectivity index (χ3n) is 3.96. The van der Waals surface area contributed by atoms with Gasteiger partial charge in [0.25, 0.3) is 0 Å². The van der Waals surface area contributed by atoms with Gasteiger partial charge in [-0.2, -0.15) is 0 Å². The third-order valence-corrected chi connectivity index (χ3v) is 5.14. The maximum Gasteiger partial charge on any atom is 0.319 e. The Hall–Kier alpha value is -2.61. The van der Waals surface area contributed by atoms with Gasteiger partial charge in [-0.1, -0.05) is 12.1 Å². The molecule has 0 bridgehead atoms. The molecular weight excluding hydrogens is 345 g/mol. The van der Waals surface area contributed by atoms with E-state index in [4.69, 9.17) is 0 Å². The SMILES string of the molecule is CS(=O)(=O)N1CCc2cc(NC(=O)NCc3ccc(F)cc3)ccc21. The molecule has 2 aromatic carbocycles. The van der Waals surface area contributed by atoms with Crippen molar-refractivity contribution in [3.05, 3.63) is 59.4 Å². The smallest absolute Gasteiger partial charge is 0.319 e. The van der Waals surface area contributed by atoms with Crippen molar-refractivity contribution in [1.29, 1.82) is 0 Å². The fourth-order valence-electron chi connectivity index (χ4n) is 2.75. The van der Waals surface area contributed by atoms with Gasteiger partial charge in [0.1, 0.15) is 5.82 Å². The lowest BCUT2D eigenvalue weighted by molar-refractivity contribution is 0.251. The molecule has 0 atom stereocenters. The first-order valence-corrected chi connectivity index (χ1v) is 9.58. The van der Waals surface area contributed by atoms with Crippen LogP contribution in [0.25, 0.3) is 0 Å². The highest BCUT2D eigenvalue weighted by atomic mass is 32.2. The molecule has 8 heteroatoms. The van der Waals surface area contributed by atoms with Gasteiger partial charge in [0.2, 0.25) is 10.0 Å². The molecular formula is C17H18FN3O3S. The van der Waals surface area contributed by atoms with Crippen LogP contribution in [0.3, 0.4) is 0 Å². The Bertz CT molecular complexity index is 898. The number of benzene rings is 2. The van der Waals surface area contributed by atoms with Crippen molar-refractivity contribution >= 4 is 27.4 Å². The number of carbonyl (C=O) groups excluding carboxylic acids is 1. The molecule has 0 unspecified atom stereocenters. The predicted molar refractivity (Wildman–Crippen MR) is 94.6 cm³/mol. The number of urea groups is 1. The second-order valence-corrected chi connectivity index (χ2v) is 7.77. The first-order valence-electron chi connectivity index (χ1n) is 7.73. The summed E-state index contributed by atoms with van der Waals surface area (Å²) in [5, 5.41) is 5.40. The summed E-state index contributed by atoms with van der Waals surface area (Å²) in [5.41, 5.74) is 2.90. The number of carbonyl (C=O) groups is 1. The van der Waals surface area contributed by atoms with E-state index in [-0.39, 0.29) is 18.4 Å². The van der Waals surface area contributed by atoms with E-state index < -0.39 is 10.0 Å². The fraction of sp³-hybridized carbons (Fsp3) is 0.235. The van der Waals surface area contributed by atoms with Crippen molar-refractivity contribution in [2.24, 2.45) is 0 Å². The first kappa shape index (κ1) is 17.2. The number of nitrogens with zero attached hydrogens (tertiary/aromatic N) is 1. The highest BCUT2D eigenvalue weighted by Crippen LogP contribution is 2.32. The Morgan fingerprint density at radius 1 is 1.20 bits per heavy atom. The van der Waals surface area contributed by atoms with Crippen LogP contribution in [0.1, 0.15) is 11.1 Å². The molecule has 132 valence electrons. The predicted octanol–water partition coefficient (Wildman–Crippen LogP) is 2.47. The molecule has 2 aromatic rings. The van der Waals surface area contributed by atoms with Gasteiger partial charge in [-0.3, -0.25) is 4.31 Å². The average molecular weight is 363 g/mol. The van der Waals surface area contributed by atoms with E-state index in [0.717, 1.165) is 11.1 Å². The maximum absolute atomic E-state index is 12.8. The summed E-state index contributed by atoms with van der Waals surface area (Å²) in [6.07, 6.45) is 1.78. The van der Waals surface area contributed by atoms with E-state index in [0.29, 0.717) is 24.3 Å². The van der Waals surface area contributed by atoms with Crippen molar-refractivity contribution in [1.82, 2.24) is 5.32 Å². The van der Waals surface area contributed by atoms with E-state index >= 15 is 0 Å². The lowest BCUT2D eigenvalue weighted by Gasteiger charge is -2.16. The standard InChI is InChI=1S/C17H18FN3O3S/c1-25(23,24)21-9-8-13-10-15(6-7-16(13)21)20-17(22)19-11-12-2-4-14(18)5-3-12/h2-7,10H,8-9,11H2,1H3,(H2,19,20,22). The van der Waals surface area contributed by atoms with E-state index in [1.165, 1.54) is 22.7 Å². The minimum absolute atomic E-state index is 0.277. The summed E-state index contributed by atoms with van der Waals surface area (Å²) < 4.78 is 37.6. The summed E-state index contributed by atoms with van der Waals surface area (Å²) in [7, 11) is -3.29. The zero-order chi connectivity index (χ0) is 18.0. The minimum Gasteiger partial charge on any atom is -0.334 e. The normalized spacial score (nSPS) is 13.4. The Morgan fingerprint density at radius 3 is 2.60 bits per heavy atom. The quantitative estimate of drug-likeness (QED) is 0.876. The van der Waals surface area contributed by atoms with E-state index in [2.05, 4.69) is 10.6 Å². The van der Waals surface area contributed by atoms with Gasteiger partial charge in [-0.25, -0.2) is 17.6 Å². The Balaban J connectivity index is 1.62. The van der Waals surface area contributed by atoms with Crippen molar-refractivity contribution in [2.45, 2.75) is 13.0 Å². The van der Waals surface area contributed by atoms with Crippen molar-refractivity contribution in [3.8, 4) is 0 Å². The Morgan fingerprint density at radius 2 is 1.92 bits per heavy atom. The highest BCUT2D eigenvalue weighted by molar-refractivity contribution is 7.92. The van der Waals surface area contributed by atoms with Crippen LogP contribution < -0.4 is 14.9 Å². The number of rotatable bonds is 4. The van der Waals surface area contributed by atoms with Crippen molar-refractivity contribution in [2.75, 3.05) is 22.4 Å². The number of halogens is 1. The lowest BCUT2D eigenvalue weighted by atomic mass is 10.1. The minimum atomic E-state index is -3.29. The van der Waals surface area contributed by atoms with Crippen LogP contribution in [0.2, 0.25) is 0 Å². The Kier molecular flexibility index (Phi) is 4.63. The number of anilines is 2. The zero-order valence-electron chi connectivity index (χ0n) is 13.6. The average Bonchev–Trinajstić information content (AvgIpc) is 2.98. The molecule has 3 rings (SSSR count). The van der Waals surface area contributed by atoms with Gasteiger partial charge < -0.3 is 10.6 Å². The number of hydrogen-bond donors (Lipinski definition) is 2. The number of amides is 2. The summed E-state index contributed by atoms with van der Waals surface area (Å²) >= 11 is 0. The molecule has 0 radical (unpaired) electrons. The molecule has 1 aliphatic rings. The first-order chi connectivity index (χ1) is 11.8. The summed E-state index contributed by atoms with van der Waals surface area (Å²) in [6.45, 7) is 0.688. The molecule has 0 spiro atoms. The monoisotopic (exact) mass is 363 g/mol. The summed E-state index contributed by atoms with van der Waals surface area (Å²) in [5.74, 6) is -0.325. The van der Waals surface area contributed by atoms with E-state index in [1.807, 2.05) is 0 Å². The molecule has 0 aliphatic carbocycles. The molecule has 1 aliphatic heterocycles. The van der Waals surface area contributed by atoms with E-state index in [1.54, 1.807) is 30.3 Å². The molecule has 0 aromatic heterocycles. The molecule has 6 nitrogen and oxygen atoms in total. The topological polar surface area (TPSA) is 78.5 Å². The second kappa shape index (κ2) is 6.72. The number of hydrogen-bond acceptors (Lipinski definition) is 3. The van der Waals surface area contributed by atoms with Crippen molar-refractivity contribution in [3.63, 3.8) is 0 Å². The largest absolute Gasteiger partial charge is 0.334 e. The van der Waals surface area contributed by atoms with Crippen LogP contribution >= 0.6 is 0 Å². The zero-order valence-corrected chi connectivity index (χ0v) is 14.4. The van der Waals surface area contributed by atoms with E-state index in [9.17, 15) is 17.6 Å². The maximum atomic E-state index is 12.8. The van der Waals surface area contributed by atoms with Crippen LogP contribution in [-0.4, -0.2) is 27.2 Å². The van der Waals surface area contributed by atoms with Gasteiger partial charge in [0.05, 0.1) is 11.9 Å². The number of sulfonamides is 1. The van der Waals surface area contributed by atoms with Gasteiger partial charge >= 0.3 is 6.03 Å². The lowest BCUT2D eigenvalue weighted by Crippen LogP contribution is -2.28. The van der Waals surface area contributed by atoms with Gasteiger partial charge in [-0.15, -0.1) is 0 Å². The van der Waals surface area contributed by atoms with Crippen LogP contribution in [0.4, 0.5) is 20.6 Å². The van der Waals surface area contributed by atoms with Crippen LogP contribution in [-0.2, 0) is 23.0 Å². The third kappa shape index (κ3) is 4.08. The molecule has 0 fully saturated rings. The van der Waals surface area contributed by atoms with Gasteiger partial charge in [0.15, 0.2) is 0 Å². The number of nitrogens with one attached hydrogen (secondary N) is 2. The summed E-state index contributed by atoms with van der Waals surface area (Å²) in [4.78, 5) is 12.0. The Labute approximate surface area is 145 Å². The summed E-state index contributed by atoms with van der Waals surface area (Å²) in [6, 6.07) is 10.6. The molecule has 0 saturated heterocycles. The molecule has 25 heavy (non-hydrogen) atoms. The van der Waals surface area contributed by atoms with Gasteiger partial charge in [-0.05, 0) is 47.9 Å². The fourth-order valence-corrected chi connectivity index (χ4v) is 3.71. The number of fused-ring (bicyclic) bond motifs is 1. The van der Waals surface area contributed by atoms with Crippen LogP contribution in [0.5, 0.6) is 0 Å². The van der Waals surface area contributed by atoms with Crippen molar-refractivity contribution < 1.29 is 17.6 Å².